The molecule has 2 aromatic rings. The average Bonchev–Trinajstić information content (AvgIpc) is 2.74. The molecule has 0 saturated heterocycles. The van der Waals surface area contributed by atoms with Crippen LogP contribution in [0.2, 0.25) is 0 Å². The second-order valence-corrected chi connectivity index (χ2v) is 4.52. The molecule has 0 fully saturated rings. The average molecular weight is 229 g/mol. The summed E-state index contributed by atoms with van der Waals surface area (Å²) in [6, 6.07) is 4.02. The lowest BCUT2D eigenvalue weighted by Gasteiger charge is -1.86. The first-order valence-corrected chi connectivity index (χ1v) is 5.60. The number of aromatic nitrogens is 2. The summed E-state index contributed by atoms with van der Waals surface area (Å²) in [4.78, 5) is 2.24. The molecule has 0 atom stereocenters. The molecule has 5 heteroatoms. The summed E-state index contributed by atoms with van der Waals surface area (Å²) in [6.07, 6.45) is 0.624. The lowest BCUT2D eigenvalue weighted by molar-refractivity contribution is 0.515. The van der Waals surface area contributed by atoms with Crippen molar-refractivity contribution in [3.8, 4) is 10.8 Å². The molecule has 0 saturated carbocycles. The third-order valence-electron chi connectivity index (χ3n) is 1.73. The summed E-state index contributed by atoms with van der Waals surface area (Å²) < 4.78 is 5.43. The summed E-state index contributed by atoms with van der Waals surface area (Å²) in [5, 5.41) is 7.85. The quantitative estimate of drug-likeness (QED) is 0.759. The van der Waals surface area contributed by atoms with Gasteiger partial charge in [-0.2, -0.15) is 0 Å². The number of hydrogen-bond acceptors (Lipinski definition) is 4. The Morgan fingerprint density at radius 3 is 2.93 bits per heavy atom. The van der Waals surface area contributed by atoms with E-state index in [1.165, 1.54) is 4.88 Å². The Kier molecular flexibility index (Phi) is 2.84. The monoisotopic (exact) mass is 228 g/mol. The highest BCUT2D eigenvalue weighted by atomic mass is 35.5. The number of aryl methyl sites for hydroxylation is 2. The van der Waals surface area contributed by atoms with Crippen molar-refractivity contribution in [2.45, 2.75) is 13.3 Å². The van der Waals surface area contributed by atoms with Crippen molar-refractivity contribution in [1.82, 2.24) is 10.2 Å². The number of thiophene rings is 1. The molecule has 14 heavy (non-hydrogen) atoms. The van der Waals surface area contributed by atoms with Crippen LogP contribution in [-0.4, -0.2) is 16.1 Å². The molecular weight excluding hydrogens is 220 g/mol. The van der Waals surface area contributed by atoms with Gasteiger partial charge in [-0.1, -0.05) is 0 Å². The largest absolute Gasteiger partial charge is 0.420 e. The molecule has 0 amide bonds. The van der Waals surface area contributed by atoms with E-state index in [2.05, 4.69) is 10.2 Å². The summed E-state index contributed by atoms with van der Waals surface area (Å²) in [7, 11) is 0. The van der Waals surface area contributed by atoms with E-state index >= 15 is 0 Å². The van der Waals surface area contributed by atoms with Gasteiger partial charge >= 0.3 is 0 Å². The van der Waals surface area contributed by atoms with Crippen LogP contribution in [0.25, 0.3) is 10.8 Å². The highest BCUT2D eigenvalue weighted by Crippen LogP contribution is 2.26. The smallest absolute Gasteiger partial charge is 0.257 e. The molecule has 0 radical (unpaired) electrons. The topological polar surface area (TPSA) is 38.9 Å². The van der Waals surface area contributed by atoms with Crippen molar-refractivity contribution in [1.29, 1.82) is 0 Å². The van der Waals surface area contributed by atoms with Gasteiger partial charge in [-0.25, -0.2) is 0 Å². The maximum Gasteiger partial charge on any atom is 0.257 e. The van der Waals surface area contributed by atoms with Crippen molar-refractivity contribution in [2.75, 3.05) is 5.88 Å². The minimum absolute atomic E-state index is 0.505. The van der Waals surface area contributed by atoms with E-state index in [4.69, 9.17) is 16.0 Å². The predicted molar refractivity (Wildman–Crippen MR) is 56.8 cm³/mol. The Hall–Kier alpha value is -0.870. The normalized spacial score (nSPS) is 10.7. The number of rotatable bonds is 3. The van der Waals surface area contributed by atoms with Gasteiger partial charge in [0.05, 0.1) is 4.88 Å². The van der Waals surface area contributed by atoms with Gasteiger partial charge in [0.15, 0.2) is 0 Å². The zero-order valence-corrected chi connectivity index (χ0v) is 9.23. The van der Waals surface area contributed by atoms with Crippen molar-refractivity contribution in [2.24, 2.45) is 0 Å². The first-order chi connectivity index (χ1) is 6.79. The van der Waals surface area contributed by atoms with Gasteiger partial charge in [-0.3, -0.25) is 0 Å². The SMILES string of the molecule is Cc1ccc(-c2nnc(CCCl)o2)s1. The number of nitrogens with zero attached hydrogens (tertiary/aromatic N) is 2. The third-order valence-corrected chi connectivity index (χ3v) is 2.90. The standard InChI is InChI=1S/C9H9ClN2OS/c1-6-2-3-7(14-6)9-12-11-8(13-9)4-5-10/h2-3H,4-5H2,1H3. The molecule has 74 valence electrons. The molecule has 0 spiro atoms. The van der Waals surface area contributed by atoms with Crippen LogP contribution in [-0.2, 0) is 6.42 Å². The second-order valence-electron chi connectivity index (χ2n) is 2.85. The Bertz CT molecular complexity index is 424. The van der Waals surface area contributed by atoms with Gasteiger partial charge in [-0.15, -0.1) is 33.1 Å². The van der Waals surface area contributed by atoms with Crippen LogP contribution in [0.4, 0.5) is 0 Å². The number of halogens is 1. The van der Waals surface area contributed by atoms with Crippen molar-refractivity contribution >= 4 is 22.9 Å². The van der Waals surface area contributed by atoms with Crippen LogP contribution in [0, 0.1) is 6.92 Å². The molecule has 0 aliphatic rings. The fourth-order valence-corrected chi connectivity index (χ4v) is 2.04. The van der Waals surface area contributed by atoms with E-state index in [-0.39, 0.29) is 0 Å². The Morgan fingerprint density at radius 2 is 2.29 bits per heavy atom. The third kappa shape index (κ3) is 1.96. The van der Waals surface area contributed by atoms with Gasteiger partial charge in [0.2, 0.25) is 5.89 Å². The minimum atomic E-state index is 0.505. The first kappa shape index (κ1) is 9.68. The summed E-state index contributed by atoms with van der Waals surface area (Å²) in [5.41, 5.74) is 0. The molecular formula is C9H9ClN2OS. The van der Waals surface area contributed by atoms with Crippen LogP contribution in [0.5, 0.6) is 0 Å². The van der Waals surface area contributed by atoms with Crippen LogP contribution in [0.15, 0.2) is 16.5 Å². The zero-order chi connectivity index (χ0) is 9.97. The van der Waals surface area contributed by atoms with Gasteiger partial charge in [0.25, 0.3) is 5.89 Å². The van der Waals surface area contributed by atoms with Crippen molar-refractivity contribution in [3.63, 3.8) is 0 Å². The zero-order valence-electron chi connectivity index (χ0n) is 7.66. The molecule has 0 aliphatic heterocycles. The Labute approximate surface area is 90.7 Å². The number of hydrogen-bond donors (Lipinski definition) is 0. The summed E-state index contributed by atoms with van der Waals surface area (Å²) >= 11 is 7.21. The maximum atomic E-state index is 5.57. The number of alkyl halides is 1. The Balaban J connectivity index is 2.24. The molecule has 3 nitrogen and oxygen atoms in total. The van der Waals surface area contributed by atoms with E-state index < -0.39 is 0 Å². The lowest BCUT2D eigenvalue weighted by atomic mass is 10.4. The van der Waals surface area contributed by atoms with Crippen LogP contribution in [0.3, 0.4) is 0 Å². The summed E-state index contributed by atoms with van der Waals surface area (Å²) in [6.45, 7) is 2.05. The fourth-order valence-electron chi connectivity index (χ4n) is 1.08. The van der Waals surface area contributed by atoms with E-state index in [9.17, 15) is 0 Å². The van der Waals surface area contributed by atoms with Crippen molar-refractivity contribution < 1.29 is 4.42 Å². The molecule has 0 aliphatic carbocycles. The molecule has 0 bridgehead atoms. The van der Waals surface area contributed by atoms with Crippen LogP contribution >= 0.6 is 22.9 Å². The van der Waals surface area contributed by atoms with Crippen molar-refractivity contribution in [3.05, 3.63) is 22.9 Å². The molecule has 2 aromatic heterocycles. The predicted octanol–water partition coefficient (Wildman–Crippen LogP) is 2.89. The van der Waals surface area contributed by atoms with Gasteiger partial charge in [0, 0.05) is 17.2 Å². The molecule has 2 heterocycles. The van der Waals surface area contributed by atoms with Crippen LogP contribution in [0.1, 0.15) is 10.8 Å². The van der Waals surface area contributed by atoms with Gasteiger partial charge in [0.1, 0.15) is 0 Å². The second kappa shape index (κ2) is 4.11. The van der Waals surface area contributed by atoms with E-state index in [1.807, 2.05) is 19.1 Å². The lowest BCUT2D eigenvalue weighted by Crippen LogP contribution is -1.84. The first-order valence-electron chi connectivity index (χ1n) is 4.25. The molecule has 2 rings (SSSR count). The maximum absolute atomic E-state index is 5.57. The highest BCUT2D eigenvalue weighted by molar-refractivity contribution is 7.15. The summed E-state index contributed by atoms with van der Waals surface area (Å²) in [5.74, 6) is 1.69. The molecule has 0 N–H and O–H groups in total. The van der Waals surface area contributed by atoms with E-state index in [1.54, 1.807) is 11.3 Å². The van der Waals surface area contributed by atoms with E-state index in [0.717, 1.165) is 4.88 Å². The fraction of sp³-hybridized carbons (Fsp3) is 0.333. The van der Waals surface area contributed by atoms with Crippen LogP contribution < -0.4 is 0 Å². The Morgan fingerprint density at radius 1 is 1.43 bits per heavy atom. The van der Waals surface area contributed by atoms with Gasteiger partial charge in [-0.05, 0) is 19.1 Å². The molecule has 0 aromatic carbocycles. The van der Waals surface area contributed by atoms with E-state index in [0.29, 0.717) is 24.1 Å². The molecule has 0 unspecified atom stereocenters. The minimum Gasteiger partial charge on any atom is -0.420 e. The van der Waals surface area contributed by atoms with Gasteiger partial charge < -0.3 is 4.42 Å². The highest BCUT2D eigenvalue weighted by Gasteiger charge is 2.09.